The Kier molecular flexibility index (Phi) is 5.23. The minimum atomic E-state index is -0.325. The monoisotopic (exact) mass is 358 g/mol. The number of halogens is 1. The van der Waals surface area contributed by atoms with E-state index in [1.807, 2.05) is 6.92 Å². The number of hydrogen-bond acceptors (Lipinski definition) is 5. The molecule has 0 radical (unpaired) electrons. The summed E-state index contributed by atoms with van der Waals surface area (Å²) in [5.41, 5.74) is 0.460. The molecule has 2 aromatic heterocycles. The van der Waals surface area contributed by atoms with Gasteiger partial charge in [0.1, 0.15) is 22.3 Å². The summed E-state index contributed by atoms with van der Waals surface area (Å²) in [5, 5.41) is 6.70. The molecular weight excluding hydrogens is 339 g/mol. The minimum Gasteiger partial charge on any atom is -0.360 e. The van der Waals surface area contributed by atoms with Crippen molar-refractivity contribution >= 4 is 33.3 Å². The molecule has 0 saturated carbocycles. The van der Waals surface area contributed by atoms with E-state index in [-0.39, 0.29) is 24.8 Å². The Morgan fingerprint density at radius 3 is 2.84 bits per heavy atom. The van der Waals surface area contributed by atoms with Crippen LogP contribution in [0.4, 0.5) is 10.2 Å². The van der Waals surface area contributed by atoms with Crippen LogP contribution in [0.15, 0.2) is 30.3 Å². The maximum atomic E-state index is 13.6. The SMILES string of the molecule is CCc1cc2c(NCC(=O)NCc3ccccc3F)nc(C)nc2s1. The molecule has 3 rings (SSSR count). The molecule has 0 unspecified atom stereocenters. The zero-order chi connectivity index (χ0) is 17.8. The first-order chi connectivity index (χ1) is 12.1. The van der Waals surface area contributed by atoms with E-state index in [4.69, 9.17) is 0 Å². The Bertz CT molecular complexity index is 909. The molecule has 0 aliphatic heterocycles. The van der Waals surface area contributed by atoms with Gasteiger partial charge >= 0.3 is 0 Å². The van der Waals surface area contributed by atoms with Gasteiger partial charge in [-0.2, -0.15) is 0 Å². The van der Waals surface area contributed by atoms with Gasteiger partial charge in [0.05, 0.1) is 11.9 Å². The molecule has 7 heteroatoms. The summed E-state index contributed by atoms with van der Waals surface area (Å²) in [6.45, 7) is 4.14. The predicted molar refractivity (Wildman–Crippen MR) is 98.3 cm³/mol. The lowest BCUT2D eigenvalue weighted by molar-refractivity contribution is -0.119. The highest BCUT2D eigenvalue weighted by Gasteiger charge is 2.11. The van der Waals surface area contributed by atoms with Crippen molar-refractivity contribution in [2.45, 2.75) is 26.8 Å². The standard InChI is InChI=1S/C18H19FN4OS/c1-3-13-8-14-17(22-11(2)23-18(14)25-13)21-10-16(24)20-9-12-6-4-5-7-15(12)19/h4-8H,3,9-10H2,1-2H3,(H,20,24)(H,21,22,23). The van der Waals surface area contributed by atoms with Crippen molar-refractivity contribution in [2.24, 2.45) is 0 Å². The first-order valence-corrected chi connectivity index (χ1v) is 8.89. The molecule has 1 amide bonds. The summed E-state index contributed by atoms with van der Waals surface area (Å²) in [6.07, 6.45) is 0.933. The molecular formula is C18H19FN4OS. The van der Waals surface area contributed by atoms with Crippen LogP contribution in [0, 0.1) is 12.7 Å². The first-order valence-electron chi connectivity index (χ1n) is 8.08. The molecule has 0 spiro atoms. The number of carbonyl (C=O) groups is 1. The van der Waals surface area contributed by atoms with Gasteiger partial charge in [0.2, 0.25) is 5.91 Å². The van der Waals surface area contributed by atoms with E-state index >= 15 is 0 Å². The second-order valence-corrected chi connectivity index (χ2v) is 6.74. The largest absolute Gasteiger partial charge is 0.360 e. The van der Waals surface area contributed by atoms with Crippen molar-refractivity contribution in [1.29, 1.82) is 0 Å². The molecule has 25 heavy (non-hydrogen) atoms. The van der Waals surface area contributed by atoms with Gasteiger partial charge in [-0.1, -0.05) is 25.1 Å². The maximum Gasteiger partial charge on any atom is 0.239 e. The zero-order valence-corrected chi connectivity index (χ0v) is 14.9. The second-order valence-electron chi connectivity index (χ2n) is 5.63. The highest BCUT2D eigenvalue weighted by molar-refractivity contribution is 7.18. The Morgan fingerprint density at radius 2 is 2.08 bits per heavy atom. The highest BCUT2D eigenvalue weighted by atomic mass is 32.1. The fraction of sp³-hybridized carbons (Fsp3) is 0.278. The number of nitrogens with zero attached hydrogens (tertiary/aromatic N) is 2. The average Bonchev–Trinajstić information content (AvgIpc) is 3.02. The van der Waals surface area contributed by atoms with E-state index in [1.54, 1.807) is 29.5 Å². The van der Waals surface area contributed by atoms with E-state index in [9.17, 15) is 9.18 Å². The molecule has 0 aliphatic rings. The van der Waals surface area contributed by atoms with Crippen molar-refractivity contribution in [2.75, 3.05) is 11.9 Å². The van der Waals surface area contributed by atoms with Crippen LogP contribution in [0.5, 0.6) is 0 Å². The van der Waals surface area contributed by atoms with Crippen molar-refractivity contribution in [3.05, 3.63) is 52.4 Å². The van der Waals surface area contributed by atoms with Crippen LogP contribution in [-0.2, 0) is 17.8 Å². The summed E-state index contributed by atoms with van der Waals surface area (Å²) in [6, 6.07) is 8.44. The third-order valence-electron chi connectivity index (χ3n) is 3.75. The Balaban J connectivity index is 1.65. The fourth-order valence-corrected chi connectivity index (χ4v) is 3.46. The number of rotatable bonds is 6. The summed E-state index contributed by atoms with van der Waals surface area (Å²) in [7, 11) is 0. The summed E-state index contributed by atoms with van der Waals surface area (Å²) in [4.78, 5) is 23.0. The number of aromatic nitrogens is 2. The number of benzene rings is 1. The van der Waals surface area contributed by atoms with Gasteiger partial charge < -0.3 is 10.6 Å². The lowest BCUT2D eigenvalue weighted by Gasteiger charge is -2.09. The van der Waals surface area contributed by atoms with E-state index in [2.05, 4.69) is 33.6 Å². The quantitative estimate of drug-likeness (QED) is 0.708. The lowest BCUT2D eigenvalue weighted by atomic mass is 10.2. The van der Waals surface area contributed by atoms with Gasteiger partial charge in [0.25, 0.3) is 0 Å². The van der Waals surface area contributed by atoms with Crippen LogP contribution < -0.4 is 10.6 Å². The molecule has 2 heterocycles. The van der Waals surface area contributed by atoms with E-state index in [0.717, 1.165) is 16.6 Å². The van der Waals surface area contributed by atoms with Crippen LogP contribution in [0.1, 0.15) is 23.2 Å². The molecule has 0 aliphatic carbocycles. The van der Waals surface area contributed by atoms with Crippen molar-refractivity contribution in [3.8, 4) is 0 Å². The number of aryl methyl sites for hydroxylation is 2. The molecule has 0 atom stereocenters. The Labute approximate surface area is 149 Å². The second kappa shape index (κ2) is 7.57. The number of thiophene rings is 1. The molecule has 0 fully saturated rings. The Hall–Kier alpha value is -2.54. The predicted octanol–water partition coefficient (Wildman–Crippen LogP) is 3.43. The van der Waals surface area contributed by atoms with Crippen molar-refractivity contribution in [1.82, 2.24) is 15.3 Å². The number of amides is 1. The lowest BCUT2D eigenvalue weighted by Crippen LogP contribution is -2.30. The van der Waals surface area contributed by atoms with Crippen LogP contribution in [0.25, 0.3) is 10.2 Å². The van der Waals surface area contributed by atoms with Crippen molar-refractivity contribution in [3.63, 3.8) is 0 Å². The van der Waals surface area contributed by atoms with Crippen molar-refractivity contribution < 1.29 is 9.18 Å². The first kappa shape index (κ1) is 17.3. The number of anilines is 1. The number of fused-ring (bicyclic) bond motifs is 1. The van der Waals surface area contributed by atoms with Gasteiger partial charge in [-0.25, -0.2) is 14.4 Å². The molecule has 2 N–H and O–H groups in total. The third-order valence-corrected chi connectivity index (χ3v) is 4.93. The van der Waals surface area contributed by atoms with Crippen LogP contribution in [0.2, 0.25) is 0 Å². The fourth-order valence-electron chi connectivity index (χ4n) is 2.45. The van der Waals surface area contributed by atoms with E-state index in [1.165, 1.54) is 10.9 Å². The maximum absolute atomic E-state index is 13.6. The Morgan fingerprint density at radius 1 is 1.28 bits per heavy atom. The third kappa shape index (κ3) is 4.11. The molecule has 5 nitrogen and oxygen atoms in total. The minimum absolute atomic E-state index is 0.0668. The molecule has 0 bridgehead atoms. The normalized spacial score (nSPS) is 10.8. The van der Waals surface area contributed by atoms with E-state index in [0.29, 0.717) is 17.2 Å². The highest BCUT2D eigenvalue weighted by Crippen LogP contribution is 2.29. The summed E-state index contributed by atoms with van der Waals surface area (Å²) < 4.78 is 13.6. The smallest absolute Gasteiger partial charge is 0.239 e. The number of carbonyl (C=O) groups excluding carboxylic acids is 1. The molecule has 3 aromatic rings. The van der Waals surface area contributed by atoms with Gasteiger partial charge in [0.15, 0.2) is 0 Å². The molecule has 0 saturated heterocycles. The van der Waals surface area contributed by atoms with Gasteiger partial charge in [0, 0.05) is 17.0 Å². The topological polar surface area (TPSA) is 66.9 Å². The van der Waals surface area contributed by atoms with Crippen LogP contribution >= 0.6 is 11.3 Å². The zero-order valence-electron chi connectivity index (χ0n) is 14.1. The molecule has 1 aromatic carbocycles. The number of nitrogens with one attached hydrogen (secondary N) is 2. The van der Waals surface area contributed by atoms with Crippen LogP contribution in [-0.4, -0.2) is 22.4 Å². The summed E-state index contributed by atoms with van der Waals surface area (Å²) >= 11 is 1.64. The molecule has 130 valence electrons. The average molecular weight is 358 g/mol. The number of hydrogen-bond donors (Lipinski definition) is 2. The van der Waals surface area contributed by atoms with Gasteiger partial charge in [-0.3, -0.25) is 4.79 Å². The van der Waals surface area contributed by atoms with E-state index < -0.39 is 0 Å². The van der Waals surface area contributed by atoms with Gasteiger partial charge in [-0.05, 0) is 25.5 Å². The van der Waals surface area contributed by atoms with Gasteiger partial charge in [-0.15, -0.1) is 11.3 Å². The summed E-state index contributed by atoms with van der Waals surface area (Å²) in [5.74, 6) is 0.763. The van der Waals surface area contributed by atoms with Crippen LogP contribution in [0.3, 0.4) is 0 Å².